The molecule has 0 aromatic heterocycles. The van der Waals surface area contributed by atoms with Crippen molar-refractivity contribution >= 4 is 5.97 Å². The van der Waals surface area contributed by atoms with Gasteiger partial charge in [0.25, 0.3) is 0 Å². The maximum Gasteiger partial charge on any atom is 0.304 e. The van der Waals surface area contributed by atoms with Gasteiger partial charge in [0.2, 0.25) is 0 Å². The zero-order valence-electron chi connectivity index (χ0n) is 8.30. The Balaban J connectivity index is 2.41. The molecule has 3 N–H and O–H groups in total. The molecular weight excluding hydrogens is 168 g/mol. The first-order valence-corrected chi connectivity index (χ1v) is 4.71. The van der Waals surface area contributed by atoms with E-state index < -0.39 is 5.72 Å². The van der Waals surface area contributed by atoms with Crippen LogP contribution in [0.3, 0.4) is 0 Å². The standard InChI is InChI=1S/C9H18N2O2/c1-7(12)13-9(10)5-3-8(11-2)4-6-9/h8,11H,3-6,10H2,1-2H3. The van der Waals surface area contributed by atoms with Crippen molar-refractivity contribution in [3.8, 4) is 0 Å². The summed E-state index contributed by atoms with van der Waals surface area (Å²) in [5.74, 6) is -0.287. The third-order valence-electron chi connectivity index (χ3n) is 2.59. The number of carbonyl (C=O) groups excluding carboxylic acids is 1. The summed E-state index contributed by atoms with van der Waals surface area (Å²) in [6.07, 6.45) is 3.44. The third-order valence-corrected chi connectivity index (χ3v) is 2.59. The topological polar surface area (TPSA) is 64.3 Å². The van der Waals surface area contributed by atoms with Gasteiger partial charge < -0.3 is 10.1 Å². The maximum atomic E-state index is 10.8. The van der Waals surface area contributed by atoms with E-state index in [1.54, 1.807) is 0 Å². The molecule has 4 heteroatoms. The highest BCUT2D eigenvalue weighted by molar-refractivity contribution is 5.66. The van der Waals surface area contributed by atoms with Crippen molar-refractivity contribution in [3.63, 3.8) is 0 Å². The van der Waals surface area contributed by atoms with Crippen LogP contribution in [0.2, 0.25) is 0 Å². The summed E-state index contributed by atoms with van der Waals surface area (Å²) in [6, 6.07) is 0.521. The first-order valence-electron chi connectivity index (χ1n) is 4.71. The van der Waals surface area contributed by atoms with Crippen molar-refractivity contribution in [1.82, 2.24) is 5.32 Å². The summed E-state index contributed by atoms with van der Waals surface area (Å²) >= 11 is 0. The fraction of sp³-hybridized carbons (Fsp3) is 0.889. The van der Waals surface area contributed by atoms with Crippen LogP contribution >= 0.6 is 0 Å². The van der Waals surface area contributed by atoms with Gasteiger partial charge in [0, 0.05) is 25.8 Å². The van der Waals surface area contributed by atoms with Crippen molar-refractivity contribution in [3.05, 3.63) is 0 Å². The van der Waals surface area contributed by atoms with Gasteiger partial charge in [-0.25, -0.2) is 0 Å². The molecule has 0 amide bonds. The monoisotopic (exact) mass is 186 g/mol. The number of hydrogen-bond donors (Lipinski definition) is 2. The predicted octanol–water partition coefficient (Wildman–Crippen LogP) is 0.366. The molecule has 0 saturated heterocycles. The van der Waals surface area contributed by atoms with Crippen molar-refractivity contribution in [2.45, 2.75) is 44.4 Å². The van der Waals surface area contributed by atoms with E-state index in [0.717, 1.165) is 25.7 Å². The average molecular weight is 186 g/mol. The fourth-order valence-corrected chi connectivity index (χ4v) is 1.78. The van der Waals surface area contributed by atoms with Crippen LogP contribution in [0, 0.1) is 0 Å². The van der Waals surface area contributed by atoms with E-state index in [1.807, 2.05) is 7.05 Å². The van der Waals surface area contributed by atoms with E-state index in [-0.39, 0.29) is 5.97 Å². The highest BCUT2D eigenvalue weighted by Crippen LogP contribution is 2.27. The van der Waals surface area contributed by atoms with E-state index in [4.69, 9.17) is 10.5 Å². The highest BCUT2D eigenvalue weighted by Gasteiger charge is 2.33. The molecule has 1 aliphatic rings. The van der Waals surface area contributed by atoms with Crippen LogP contribution in [0.15, 0.2) is 0 Å². The van der Waals surface area contributed by atoms with E-state index in [2.05, 4.69) is 5.32 Å². The van der Waals surface area contributed by atoms with Gasteiger partial charge in [-0.15, -0.1) is 0 Å². The van der Waals surface area contributed by atoms with Gasteiger partial charge in [-0.3, -0.25) is 10.5 Å². The Hall–Kier alpha value is -0.610. The zero-order valence-corrected chi connectivity index (χ0v) is 8.30. The summed E-state index contributed by atoms with van der Waals surface area (Å²) in [4.78, 5) is 10.8. The number of ether oxygens (including phenoxy) is 1. The van der Waals surface area contributed by atoms with Crippen LogP contribution < -0.4 is 11.1 Å². The normalized spacial score (nSPS) is 34.2. The summed E-state index contributed by atoms with van der Waals surface area (Å²) < 4.78 is 5.08. The number of nitrogens with one attached hydrogen (secondary N) is 1. The molecule has 0 bridgehead atoms. The minimum Gasteiger partial charge on any atom is -0.444 e. The van der Waals surface area contributed by atoms with E-state index in [1.165, 1.54) is 6.92 Å². The van der Waals surface area contributed by atoms with Gasteiger partial charge in [0.15, 0.2) is 5.72 Å². The number of rotatable bonds is 2. The molecule has 0 heterocycles. The molecule has 0 aromatic carbocycles. The molecule has 1 aliphatic carbocycles. The van der Waals surface area contributed by atoms with Crippen molar-refractivity contribution < 1.29 is 9.53 Å². The van der Waals surface area contributed by atoms with Gasteiger partial charge in [-0.1, -0.05) is 0 Å². The SMILES string of the molecule is CNC1CCC(N)(OC(C)=O)CC1. The van der Waals surface area contributed by atoms with Crippen molar-refractivity contribution in [1.29, 1.82) is 0 Å². The highest BCUT2D eigenvalue weighted by atomic mass is 16.6. The Morgan fingerprint density at radius 2 is 2.08 bits per heavy atom. The second-order valence-electron chi connectivity index (χ2n) is 3.72. The lowest BCUT2D eigenvalue weighted by molar-refractivity contribution is -0.160. The summed E-state index contributed by atoms with van der Waals surface area (Å²) in [7, 11) is 1.94. The fourth-order valence-electron chi connectivity index (χ4n) is 1.78. The minimum absolute atomic E-state index is 0.287. The van der Waals surface area contributed by atoms with Crippen LogP contribution in [-0.4, -0.2) is 24.8 Å². The number of esters is 1. The second-order valence-corrected chi connectivity index (χ2v) is 3.72. The van der Waals surface area contributed by atoms with E-state index >= 15 is 0 Å². The molecular formula is C9H18N2O2. The number of nitrogens with two attached hydrogens (primary N) is 1. The van der Waals surface area contributed by atoms with Crippen molar-refractivity contribution in [2.75, 3.05) is 7.05 Å². The quantitative estimate of drug-likeness (QED) is 0.483. The van der Waals surface area contributed by atoms with Crippen LogP contribution in [0.1, 0.15) is 32.6 Å². The molecule has 0 atom stereocenters. The molecule has 1 rings (SSSR count). The Labute approximate surface area is 78.8 Å². The van der Waals surface area contributed by atoms with E-state index in [0.29, 0.717) is 6.04 Å². The molecule has 4 nitrogen and oxygen atoms in total. The minimum atomic E-state index is -0.709. The Morgan fingerprint density at radius 3 is 2.46 bits per heavy atom. The molecule has 0 aliphatic heterocycles. The third kappa shape index (κ3) is 2.97. The van der Waals surface area contributed by atoms with Gasteiger partial charge >= 0.3 is 5.97 Å². The summed E-state index contributed by atoms with van der Waals surface area (Å²) in [6.45, 7) is 1.40. The first-order chi connectivity index (χ1) is 6.06. The second kappa shape index (κ2) is 4.07. The van der Waals surface area contributed by atoms with Crippen LogP contribution in [0.25, 0.3) is 0 Å². The molecule has 76 valence electrons. The number of hydrogen-bond acceptors (Lipinski definition) is 4. The van der Waals surface area contributed by atoms with Gasteiger partial charge in [-0.2, -0.15) is 0 Å². The average Bonchev–Trinajstić information content (AvgIpc) is 2.04. The first kappa shape index (κ1) is 10.5. The number of carbonyl (C=O) groups is 1. The van der Waals surface area contributed by atoms with Crippen LogP contribution in [0.4, 0.5) is 0 Å². The summed E-state index contributed by atoms with van der Waals surface area (Å²) in [5.41, 5.74) is 5.20. The molecule has 0 radical (unpaired) electrons. The Bertz CT molecular complexity index is 186. The van der Waals surface area contributed by atoms with Crippen LogP contribution in [-0.2, 0) is 9.53 Å². The van der Waals surface area contributed by atoms with E-state index in [9.17, 15) is 4.79 Å². The maximum absolute atomic E-state index is 10.8. The summed E-state index contributed by atoms with van der Waals surface area (Å²) in [5, 5.41) is 3.20. The van der Waals surface area contributed by atoms with Gasteiger partial charge in [0.05, 0.1) is 0 Å². The predicted molar refractivity (Wildman–Crippen MR) is 50.0 cm³/mol. The molecule has 0 spiro atoms. The molecule has 0 aromatic rings. The largest absolute Gasteiger partial charge is 0.444 e. The van der Waals surface area contributed by atoms with Crippen LogP contribution in [0.5, 0.6) is 0 Å². The Morgan fingerprint density at radius 1 is 1.54 bits per heavy atom. The van der Waals surface area contributed by atoms with Gasteiger partial charge in [0.1, 0.15) is 0 Å². The lowest BCUT2D eigenvalue weighted by Gasteiger charge is -2.36. The zero-order chi connectivity index (χ0) is 9.90. The lowest BCUT2D eigenvalue weighted by Crippen LogP contribution is -2.49. The molecule has 0 unspecified atom stereocenters. The Kier molecular flexibility index (Phi) is 3.27. The van der Waals surface area contributed by atoms with Gasteiger partial charge in [-0.05, 0) is 19.9 Å². The molecule has 1 fully saturated rings. The smallest absolute Gasteiger partial charge is 0.304 e. The van der Waals surface area contributed by atoms with Crippen molar-refractivity contribution in [2.24, 2.45) is 5.73 Å². The molecule has 13 heavy (non-hydrogen) atoms. The lowest BCUT2D eigenvalue weighted by atomic mass is 9.88. The molecule has 1 saturated carbocycles.